The van der Waals surface area contributed by atoms with Crippen molar-refractivity contribution >= 4 is 23.1 Å². The van der Waals surface area contributed by atoms with E-state index < -0.39 is 0 Å². The topological polar surface area (TPSA) is 55.2 Å². The van der Waals surface area contributed by atoms with Crippen molar-refractivity contribution in [3.05, 3.63) is 64.2 Å². The molecule has 0 aliphatic rings. The van der Waals surface area contributed by atoms with Gasteiger partial charge in [-0.2, -0.15) is 0 Å². The fourth-order valence-electron chi connectivity index (χ4n) is 2.09. The molecule has 1 N–H and O–H groups in total. The van der Waals surface area contributed by atoms with Crippen LogP contribution in [0.1, 0.15) is 25.5 Å². The lowest BCUT2D eigenvalue weighted by Crippen LogP contribution is -2.07. The van der Waals surface area contributed by atoms with Crippen molar-refractivity contribution in [1.29, 1.82) is 0 Å². The minimum atomic E-state index is -0.364. The van der Waals surface area contributed by atoms with Gasteiger partial charge in [-0.3, -0.25) is 10.1 Å². The zero-order chi connectivity index (χ0) is 15.2. The van der Waals surface area contributed by atoms with E-state index in [1.165, 1.54) is 11.0 Å². The lowest BCUT2D eigenvalue weighted by atomic mass is 10.1. The van der Waals surface area contributed by atoms with Crippen LogP contribution in [0.5, 0.6) is 0 Å². The first-order chi connectivity index (χ1) is 10.1. The molecule has 0 saturated carbocycles. The fraction of sp³-hybridized carbons (Fsp3) is 0.250. The van der Waals surface area contributed by atoms with Gasteiger partial charge in [0.05, 0.1) is 4.92 Å². The second kappa shape index (κ2) is 7.13. The number of non-ortho nitro benzene ring substituents is 1. The summed E-state index contributed by atoms with van der Waals surface area (Å²) in [5, 5.41) is 14.3. The number of nitrogens with one attached hydrogen (secondary N) is 1. The maximum absolute atomic E-state index is 10.9. The summed E-state index contributed by atoms with van der Waals surface area (Å²) in [4.78, 5) is 11.7. The smallest absolute Gasteiger partial charge is 0.269 e. The van der Waals surface area contributed by atoms with Gasteiger partial charge >= 0.3 is 0 Å². The number of para-hydroxylation sites is 1. The van der Waals surface area contributed by atoms with E-state index in [0.717, 1.165) is 17.0 Å². The molecular formula is C16H18N2O2S. The summed E-state index contributed by atoms with van der Waals surface area (Å²) in [7, 11) is 0. The number of nitro groups is 1. The molecule has 0 saturated heterocycles. The number of hydrogen-bond acceptors (Lipinski definition) is 4. The second-order valence-electron chi connectivity index (χ2n) is 4.65. The monoisotopic (exact) mass is 302 g/mol. The Hall–Kier alpha value is -2.01. The zero-order valence-electron chi connectivity index (χ0n) is 12.1. The predicted molar refractivity (Wildman–Crippen MR) is 88.0 cm³/mol. The SMILES string of the molecule is CCSc1ccccc1NC(C)c1cccc([N+](=O)[O-])c1. The normalized spacial score (nSPS) is 11.9. The third-order valence-corrected chi connectivity index (χ3v) is 4.10. The Balaban J connectivity index is 2.20. The number of thioether (sulfide) groups is 1. The average Bonchev–Trinajstić information content (AvgIpc) is 2.49. The van der Waals surface area contributed by atoms with Crippen LogP contribution in [0.3, 0.4) is 0 Å². The molecule has 2 aromatic rings. The van der Waals surface area contributed by atoms with Gasteiger partial charge in [-0.1, -0.05) is 31.2 Å². The summed E-state index contributed by atoms with van der Waals surface area (Å²) in [5.41, 5.74) is 2.08. The Kier molecular flexibility index (Phi) is 5.22. The number of hydrogen-bond donors (Lipinski definition) is 1. The van der Waals surface area contributed by atoms with E-state index in [4.69, 9.17) is 0 Å². The molecular weight excluding hydrogens is 284 g/mol. The van der Waals surface area contributed by atoms with Crippen molar-refractivity contribution in [2.45, 2.75) is 24.8 Å². The molecule has 110 valence electrons. The molecule has 0 amide bonds. The largest absolute Gasteiger partial charge is 0.378 e. The fourth-order valence-corrected chi connectivity index (χ4v) is 2.86. The molecule has 2 rings (SSSR count). The zero-order valence-corrected chi connectivity index (χ0v) is 12.9. The second-order valence-corrected chi connectivity index (χ2v) is 5.95. The Morgan fingerprint density at radius 3 is 2.71 bits per heavy atom. The van der Waals surface area contributed by atoms with Gasteiger partial charge in [-0.05, 0) is 30.4 Å². The van der Waals surface area contributed by atoms with E-state index in [0.29, 0.717) is 0 Å². The first kappa shape index (κ1) is 15.4. The summed E-state index contributed by atoms with van der Waals surface area (Å²) in [5.74, 6) is 1.00. The van der Waals surface area contributed by atoms with Crippen molar-refractivity contribution in [1.82, 2.24) is 0 Å². The first-order valence-electron chi connectivity index (χ1n) is 6.84. The highest BCUT2D eigenvalue weighted by molar-refractivity contribution is 7.99. The molecule has 21 heavy (non-hydrogen) atoms. The number of nitro benzene ring substituents is 1. The van der Waals surface area contributed by atoms with Gasteiger partial charge in [0.15, 0.2) is 0 Å². The number of anilines is 1. The third kappa shape index (κ3) is 3.98. The van der Waals surface area contributed by atoms with Crippen molar-refractivity contribution in [3.8, 4) is 0 Å². The highest BCUT2D eigenvalue weighted by atomic mass is 32.2. The molecule has 1 atom stereocenters. The predicted octanol–water partition coefficient (Wildman–Crippen LogP) is 4.88. The summed E-state index contributed by atoms with van der Waals surface area (Å²) < 4.78 is 0. The molecule has 0 aliphatic carbocycles. The van der Waals surface area contributed by atoms with E-state index in [-0.39, 0.29) is 16.7 Å². The first-order valence-corrected chi connectivity index (χ1v) is 7.83. The molecule has 4 nitrogen and oxygen atoms in total. The van der Waals surface area contributed by atoms with Crippen LogP contribution in [-0.2, 0) is 0 Å². The van der Waals surface area contributed by atoms with Gasteiger partial charge < -0.3 is 5.32 Å². The van der Waals surface area contributed by atoms with Gasteiger partial charge in [0.2, 0.25) is 0 Å². The highest BCUT2D eigenvalue weighted by Gasteiger charge is 2.12. The van der Waals surface area contributed by atoms with Gasteiger partial charge in [0.25, 0.3) is 5.69 Å². The average molecular weight is 302 g/mol. The summed E-state index contributed by atoms with van der Waals surface area (Å²) in [6.45, 7) is 4.12. The van der Waals surface area contributed by atoms with E-state index in [9.17, 15) is 10.1 Å². The molecule has 1 unspecified atom stereocenters. The van der Waals surface area contributed by atoms with Gasteiger partial charge in [0, 0.05) is 28.8 Å². The number of benzene rings is 2. The maximum atomic E-state index is 10.9. The van der Waals surface area contributed by atoms with Gasteiger partial charge in [-0.15, -0.1) is 11.8 Å². The van der Waals surface area contributed by atoms with Crippen LogP contribution >= 0.6 is 11.8 Å². The summed E-state index contributed by atoms with van der Waals surface area (Å²) >= 11 is 1.78. The maximum Gasteiger partial charge on any atom is 0.269 e. The number of nitrogens with zero attached hydrogens (tertiary/aromatic N) is 1. The van der Waals surface area contributed by atoms with E-state index in [1.54, 1.807) is 23.9 Å². The molecule has 0 aliphatic heterocycles. The minimum Gasteiger partial charge on any atom is -0.378 e. The molecule has 5 heteroatoms. The van der Waals surface area contributed by atoms with Crippen LogP contribution in [0.4, 0.5) is 11.4 Å². The molecule has 2 aromatic carbocycles. The molecule has 0 bridgehead atoms. The van der Waals surface area contributed by atoms with Crippen LogP contribution in [0.15, 0.2) is 53.4 Å². The summed E-state index contributed by atoms with van der Waals surface area (Å²) in [6, 6.07) is 14.9. The van der Waals surface area contributed by atoms with Crippen molar-refractivity contribution in [2.75, 3.05) is 11.1 Å². The van der Waals surface area contributed by atoms with E-state index >= 15 is 0 Å². The lowest BCUT2D eigenvalue weighted by molar-refractivity contribution is -0.384. The molecule has 0 spiro atoms. The van der Waals surface area contributed by atoms with Crippen LogP contribution < -0.4 is 5.32 Å². The Labute approximate surface area is 128 Å². The Bertz CT molecular complexity index is 631. The third-order valence-electron chi connectivity index (χ3n) is 3.14. The summed E-state index contributed by atoms with van der Waals surface area (Å²) in [6.07, 6.45) is 0. The lowest BCUT2D eigenvalue weighted by Gasteiger charge is -2.18. The van der Waals surface area contributed by atoms with Crippen molar-refractivity contribution in [3.63, 3.8) is 0 Å². The molecule has 0 heterocycles. The van der Waals surface area contributed by atoms with E-state index in [2.05, 4.69) is 18.3 Å². The Morgan fingerprint density at radius 2 is 2.00 bits per heavy atom. The van der Waals surface area contributed by atoms with E-state index in [1.807, 2.05) is 31.2 Å². The number of rotatable bonds is 6. The van der Waals surface area contributed by atoms with Crippen LogP contribution in [-0.4, -0.2) is 10.7 Å². The molecule has 0 fully saturated rings. The van der Waals surface area contributed by atoms with Gasteiger partial charge in [-0.25, -0.2) is 0 Å². The quantitative estimate of drug-likeness (QED) is 0.469. The highest BCUT2D eigenvalue weighted by Crippen LogP contribution is 2.30. The molecule has 0 aromatic heterocycles. The van der Waals surface area contributed by atoms with Crippen molar-refractivity contribution < 1.29 is 4.92 Å². The van der Waals surface area contributed by atoms with Crippen LogP contribution in [0.25, 0.3) is 0 Å². The Morgan fingerprint density at radius 1 is 1.24 bits per heavy atom. The van der Waals surface area contributed by atoms with Gasteiger partial charge in [0.1, 0.15) is 0 Å². The molecule has 0 radical (unpaired) electrons. The standard InChI is InChI=1S/C16H18N2O2S/c1-3-21-16-10-5-4-9-15(16)17-12(2)13-7-6-8-14(11-13)18(19)20/h4-12,17H,3H2,1-2H3. The van der Waals surface area contributed by atoms with Crippen molar-refractivity contribution in [2.24, 2.45) is 0 Å². The minimum absolute atomic E-state index is 0.00325. The van der Waals surface area contributed by atoms with Crippen LogP contribution in [0.2, 0.25) is 0 Å². The van der Waals surface area contributed by atoms with Crippen LogP contribution in [0, 0.1) is 10.1 Å².